The molecule has 3 rings (SSSR count). The molecule has 0 aromatic heterocycles. The Labute approximate surface area is 121 Å². The Morgan fingerprint density at radius 2 is 2.15 bits per heavy atom. The van der Waals surface area contributed by atoms with Crippen molar-refractivity contribution in [1.82, 2.24) is 15.1 Å². The van der Waals surface area contributed by atoms with Crippen molar-refractivity contribution in [2.75, 3.05) is 39.8 Å². The van der Waals surface area contributed by atoms with Crippen molar-refractivity contribution in [2.45, 2.75) is 37.3 Å². The molecule has 0 aromatic carbocycles. The van der Waals surface area contributed by atoms with Gasteiger partial charge in [0.1, 0.15) is 0 Å². The molecule has 5 nitrogen and oxygen atoms in total. The van der Waals surface area contributed by atoms with E-state index in [1.807, 2.05) is 7.05 Å². The standard InChI is InChI=1S/C15H26N4O/c1-16-14(17-12-15(20)6-4-7-15)19-10-5-13(11-19)18-8-2-3-9-18/h2-3,13,20H,4-12H2,1H3,(H,16,17). The number of guanidine groups is 1. The summed E-state index contributed by atoms with van der Waals surface area (Å²) in [5.41, 5.74) is -0.492. The number of hydrogen-bond acceptors (Lipinski definition) is 3. The van der Waals surface area contributed by atoms with E-state index in [0.717, 1.165) is 51.4 Å². The highest BCUT2D eigenvalue weighted by molar-refractivity contribution is 5.80. The minimum atomic E-state index is -0.492. The topological polar surface area (TPSA) is 51.1 Å². The van der Waals surface area contributed by atoms with Gasteiger partial charge >= 0.3 is 0 Å². The van der Waals surface area contributed by atoms with Crippen LogP contribution in [0.1, 0.15) is 25.7 Å². The van der Waals surface area contributed by atoms with E-state index in [-0.39, 0.29) is 0 Å². The summed E-state index contributed by atoms with van der Waals surface area (Å²) in [6, 6.07) is 0.635. The van der Waals surface area contributed by atoms with Gasteiger partial charge in [-0.2, -0.15) is 0 Å². The number of rotatable bonds is 3. The van der Waals surface area contributed by atoms with E-state index >= 15 is 0 Å². The highest BCUT2D eigenvalue weighted by Gasteiger charge is 2.35. The first kappa shape index (κ1) is 13.9. The summed E-state index contributed by atoms with van der Waals surface area (Å²) < 4.78 is 0. The molecule has 2 aliphatic heterocycles. The fourth-order valence-corrected chi connectivity index (χ4v) is 3.36. The highest BCUT2D eigenvalue weighted by atomic mass is 16.3. The number of hydrogen-bond donors (Lipinski definition) is 2. The van der Waals surface area contributed by atoms with Gasteiger partial charge in [0.25, 0.3) is 0 Å². The summed E-state index contributed by atoms with van der Waals surface area (Å²) in [5, 5.41) is 13.5. The molecule has 1 saturated carbocycles. The molecule has 0 bridgehead atoms. The molecule has 112 valence electrons. The number of nitrogens with zero attached hydrogens (tertiary/aromatic N) is 3. The quantitative estimate of drug-likeness (QED) is 0.446. The van der Waals surface area contributed by atoms with E-state index in [0.29, 0.717) is 12.6 Å². The van der Waals surface area contributed by atoms with E-state index in [1.54, 1.807) is 0 Å². The largest absolute Gasteiger partial charge is 0.388 e. The Kier molecular flexibility index (Phi) is 3.98. The summed E-state index contributed by atoms with van der Waals surface area (Å²) in [6.45, 7) is 4.90. The fourth-order valence-electron chi connectivity index (χ4n) is 3.36. The minimum Gasteiger partial charge on any atom is -0.388 e. The van der Waals surface area contributed by atoms with Gasteiger partial charge in [-0.1, -0.05) is 12.2 Å². The summed E-state index contributed by atoms with van der Waals surface area (Å²) in [4.78, 5) is 9.22. The molecule has 1 atom stereocenters. The molecule has 1 aliphatic carbocycles. The Balaban J connectivity index is 1.49. The zero-order valence-electron chi connectivity index (χ0n) is 12.4. The van der Waals surface area contributed by atoms with Crippen LogP contribution >= 0.6 is 0 Å². The Hall–Kier alpha value is -1.07. The predicted molar refractivity (Wildman–Crippen MR) is 80.9 cm³/mol. The lowest BCUT2D eigenvalue weighted by molar-refractivity contribution is -0.0282. The monoisotopic (exact) mass is 278 g/mol. The summed E-state index contributed by atoms with van der Waals surface area (Å²) in [6.07, 6.45) is 8.68. The Morgan fingerprint density at radius 1 is 1.40 bits per heavy atom. The van der Waals surface area contributed by atoms with Gasteiger partial charge < -0.3 is 15.3 Å². The Bertz CT molecular complexity index is 395. The van der Waals surface area contributed by atoms with Crippen molar-refractivity contribution in [3.8, 4) is 0 Å². The summed E-state index contributed by atoms with van der Waals surface area (Å²) in [7, 11) is 1.83. The normalized spacial score (nSPS) is 29.8. The number of nitrogens with one attached hydrogen (secondary N) is 1. The van der Waals surface area contributed by atoms with Crippen LogP contribution in [0.3, 0.4) is 0 Å². The number of likely N-dealkylation sites (tertiary alicyclic amines) is 1. The molecular formula is C15H26N4O. The summed E-state index contributed by atoms with van der Waals surface area (Å²) in [5.74, 6) is 0.944. The average Bonchev–Trinajstić information content (AvgIpc) is 3.08. The number of aliphatic hydroxyl groups is 1. The molecule has 5 heteroatoms. The SMILES string of the molecule is CN=C(NCC1(O)CCC1)N1CCC(N2CC=CC2)C1. The molecule has 2 N–H and O–H groups in total. The van der Waals surface area contributed by atoms with Crippen molar-refractivity contribution < 1.29 is 5.11 Å². The average molecular weight is 278 g/mol. The van der Waals surface area contributed by atoms with Crippen molar-refractivity contribution in [2.24, 2.45) is 4.99 Å². The van der Waals surface area contributed by atoms with Crippen LogP contribution in [0.4, 0.5) is 0 Å². The van der Waals surface area contributed by atoms with Gasteiger partial charge in [-0.3, -0.25) is 9.89 Å². The van der Waals surface area contributed by atoms with E-state index in [4.69, 9.17) is 0 Å². The maximum Gasteiger partial charge on any atom is 0.193 e. The van der Waals surface area contributed by atoms with Gasteiger partial charge in [0.15, 0.2) is 5.96 Å². The molecule has 3 aliphatic rings. The van der Waals surface area contributed by atoms with Gasteiger partial charge in [0.05, 0.1) is 5.60 Å². The van der Waals surface area contributed by atoms with Crippen LogP contribution in [0.5, 0.6) is 0 Å². The predicted octanol–water partition coefficient (Wildman–Crippen LogP) is 0.423. The Morgan fingerprint density at radius 3 is 2.75 bits per heavy atom. The lowest BCUT2D eigenvalue weighted by Crippen LogP contribution is -2.51. The van der Waals surface area contributed by atoms with Crippen molar-refractivity contribution >= 4 is 5.96 Å². The molecule has 20 heavy (non-hydrogen) atoms. The first-order valence-corrected chi connectivity index (χ1v) is 7.77. The first-order chi connectivity index (χ1) is 9.70. The summed E-state index contributed by atoms with van der Waals surface area (Å²) >= 11 is 0. The zero-order valence-corrected chi connectivity index (χ0v) is 12.4. The van der Waals surface area contributed by atoms with Gasteiger partial charge in [-0.15, -0.1) is 0 Å². The lowest BCUT2D eigenvalue weighted by Gasteiger charge is -2.37. The molecule has 1 saturated heterocycles. The zero-order chi connectivity index (χ0) is 14.0. The molecule has 0 spiro atoms. The third-order valence-electron chi connectivity index (χ3n) is 4.90. The molecule has 0 amide bonds. The smallest absolute Gasteiger partial charge is 0.193 e. The van der Waals surface area contributed by atoms with Gasteiger partial charge in [-0.25, -0.2) is 0 Å². The molecule has 0 aromatic rings. The molecule has 1 unspecified atom stereocenters. The van der Waals surface area contributed by atoms with Crippen molar-refractivity contribution in [1.29, 1.82) is 0 Å². The second-order valence-corrected chi connectivity index (χ2v) is 6.29. The van der Waals surface area contributed by atoms with Crippen molar-refractivity contribution in [3.05, 3.63) is 12.2 Å². The van der Waals surface area contributed by atoms with Crippen LogP contribution in [0.25, 0.3) is 0 Å². The van der Waals surface area contributed by atoms with E-state index in [9.17, 15) is 5.11 Å². The third-order valence-corrected chi connectivity index (χ3v) is 4.90. The first-order valence-electron chi connectivity index (χ1n) is 7.77. The highest BCUT2D eigenvalue weighted by Crippen LogP contribution is 2.30. The molecule has 2 fully saturated rings. The van der Waals surface area contributed by atoms with Crippen LogP contribution < -0.4 is 5.32 Å². The van der Waals surface area contributed by atoms with Crippen molar-refractivity contribution in [3.63, 3.8) is 0 Å². The molecular weight excluding hydrogens is 252 g/mol. The van der Waals surface area contributed by atoms with E-state index in [2.05, 4.69) is 32.3 Å². The van der Waals surface area contributed by atoms with Gasteiger partial charge in [0.2, 0.25) is 0 Å². The second kappa shape index (κ2) is 5.74. The van der Waals surface area contributed by atoms with Gasteiger partial charge in [-0.05, 0) is 25.7 Å². The fraction of sp³-hybridized carbons (Fsp3) is 0.800. The van der Waals surface area contributed by atoms with Crippen LogP contribution in [0, 0.1) is 0 Å². The maximum absolute atomic E-state index is 10.2. The molecule has 0 radical (unpaired) electrons. The third kappa shape index (κ3) is 2.83. The van der Waals surface area contributed by atoms with Crippen LogP contribution in [-0.2, 0) is 0 Å². The molecule has 2 heterocycles. The second-order valence-electron chi connectivity index (χ2n) is 6.29. The van der Waals surface area contributed by atoms with Crippen LogP contribution in [0.15, 0.2) is 17.1 Å². The van der Waals surface area contributed by atoms with Crippen LogP contribution in [-0.4, -0.2) is 72.3 Å². The van der Waals surface area contributed by atoms with E-state index < -0.39 is 5.60 Å². The number of aliphatic imine (C=N–C) groups is 1. The van der Waals surface area contributed by atoms with E-state index in [1.165, 1.54) is 6.42 Å². The van der Waals surface area contributed by atoms with Crippen LogP contribution in [0.2, 0.25) is 0 Å². The maximum atomic E-state index is 10.2. The minimum absolute atomic E-state index is 0.492. The van der Waals surface area contributed by atoms with Gasteiger partial charge in [0, 0.05) is 45.8 Å². The lowest BCUT2D eigenvalue weighted by atomic mass is 9.80.